The van der Waals surface area contributed by atoms with E-state index in [0.29, 0.717) is 22.7 Å². The summed E-state index contributed by atoms with van der Waals surface area (Å²) in [7, 11) is 1.90. The summed E-state index contributed by atoms with van der Waals surface area (Å²) in [5.41, 5.74) is 2.23. The Labute approximate surface area is 150 Å². The minimum Gasteiger partial charge on any atom is -0.366 e. The summed E-state index contributed by atoms with van der Waals surface area (Å²) in [6.07, 6.45) is -2.35. The minimum atomic E-state index is -4.35. The molecular weight excluding hydrogens is 349 g/mol. The molecule has 2 nitrogen and oxygen atoms in total. The lowest BCUT2D eigenvalue weighted by Crippen LogP contribution is -2.14. The zero-order valence-corrected chi connectivity index (χ0v) is 15.1. The molecule has 0 saturated carbocycles. The number of aliphatic imine (C=N–C) groups is 1. The number of hydrogen-bond donors (Lipinski definition) is 0. The predicted octanol–water partition coefficient (Wildman–Crippen LogP) is 5.87. The highest BCUT2D eigenvalue weighted by Gasteiger charge is 2.30. The first-order chi connectivity index (χ1) is 11.7. The molecule has 0 saturated heterocycles. The fourth-order valence-electron chi connectivity index (χ4n) is 2.37. The molecule has 2 rings (SSSR count). The van der Waals surface area contributed by atoms with Gasteiger partial charge in [0, 0.05) is 13.6 Å². The van der Waals surface area contributed by atoms with Crippen molar-refractivity contribution in [2.75, 3.05) is 13.6 Å². The average molecular weight is 369 g/mol. The van der Waals surface area contributed by atoms with Gasteiger partial charge in [0.15, 0.2) is 0 Å². The van der Waals surface area contributed by atoms with Gasteiger partial charge < -0.3 is 4.90 Å². The van der Waals surface area contributed by atoms with Crippen LogP contribution in [0.5, 0.6) is 0 Å². The molecule has 0 radical (unpaired) electrons. The van der Waals surface area contributed by atoms with Gasteiger partial charge in [-0.05, 0) is 49.1 Å². The third kappa shape index (κ3) is 5.23. The normalized spacial score (nSPS) is 12.0. The number of nitrogens with zero attached hydrogens (tertiary/aromatic N) is 2. The molecule has 0 amide bonds. The van der Waals surface area contributed by atoms with Crippen LogP contribution in [0.4, 0.5) is 18.9 Å². The predicted molar refractivity (Wildman–Crippen MR) is 96.9 cm³/mol. The van der Waals surface area contributed by atoms with E-state index in [9.17, 15) is 13.2 Å². The monoisotopic (exact) mass is 368 g/mol. The fraction of sp³-hybridized carbons (Fsp3) is 0.316. The maximum Gasteiger partial charge on any atom is 0.416 e. The molecule has 0 N–H and O–H groups in total. The molecule has 2 aromatic carbocycles. The average Bonchev–Trinajstić information content (AvgIpc) is 2.55. The lowest BCUT2D eigenvalue weighted by atomic mass is 10.0. The minimum absolute atomic E-state index is 0.316. The largest absolute Gasteiger partial charge is 0.416 e. The molecule has 0 aliphatic heterocycles. The van der Waals surface area contributed by atoms with E-state index in [0.717, 1.165) is 29.8 Å². The smallest absolute Gasteiger partial charge is 0.366 e. The maximum absolute atomic E-state index is 12.9. The summed E-state index contributed by atoms with van der Waals surface area (Å²) in [5, 5.41) is 0.462. The van der Waals surface area contributed by atoms with E-state index in [1.54, 1.807) is 12.4 Å². The molecule has 0 bridgehead atoms. The van der Waals surface area contributed by atoms with Crippen molar-refractivity contribution >= 4 is 23.6 Å². The van der Waals surface area contributed by atoms with Crippen LogP contribution in [0.2, 0.25) is 5.02 Å². The Morgan fingerprint density at radius 3 is 2.56 bits per heavy atom. The van der Waals surface area contributed by atoms with Gasteiger partial charge in [0.25, 0.3) is 0 Å². The number of rotatable bonds is 5. The fourth-order valence-corrected chi connectivity index (χ4v) is 2.59. The van der Waals surface area contributed by atoms with Crippen LogP contribution in [0.25, 0.3) is 0 Å². The number of hydrogen-bond acceptors (Lipinski definition) is 1. The Kier molecular flexibility index (Phi) is 6.11. The number of halogens is 4. The van der Waals surface area contributed by atoms with Gasteiger partial charge in [-0.25, -0.2) is 4.99 Å². The molecule has 2 aromatic rings. The van der Waals surface area contributed by atoms with Gasteiger partial charge in [-0.15, -0.1) is 0 Å². The first kappa shape index (κ1) is 19.3. The van der Waals surface area contributed by atoms with Crippen molar-refractivity contribution in [3.63, 3.8) is 0 Å². The van der Waals surface area contributed by atoms with Gasteiger partial charge in [-0.2, -0.15) is 13.2 Å². The van der Waals surface area contributed by atoms with Crippen LogP contribution in [-0.2, 0) is 12.6 Å². The Morgan fingerprint density at radius 2 is 1.92 bits per heavy atom. The Morgan fingerprint density at radius 1 is 1.20 bits per heavy atom. The van der Waals surface area contributed by atoms with Crippen molar-refractivity contribution in [2.24, 2.45) is 4.99 Å². The third-order valence-corrected chi connectivity index (χ3v) is 4.25. The molecule has 0 heterocycles. The van der Waals surface area contributed by atoms with Crippen molar-refractivity contribution in [2.45, 2.75) is 26.4 Å². The van der Waals surface area contributed by atoms with Gasteiger partial charge in [0.05, 0.1) is 22.6 Å². The van der Waals surface area contributed by atoms with Crippen LogP contribution < -0.4 is 0 Å². The highest BCUT2D eigenvalue weighted by molar-refractivity contribution is 6.33. The van der Waals surface area contributed by atoms with Crippen molar-refractivity contribution in [3.8, 4) is 0 Å². The van der Waals surface area contributed by atoms with Gasteiger partial charge in [-0.1, -0.05) is 35.9 Å². The molecular formula is C19H20ClF3N2. The molecule has 0 aliphatic rings. The van der Waals surface area contributed by atoms with E-state index >= 15 is 0 Å². The molecule has 25 heavy (non-hydrogen) atoms. The van der Waals surface area contributed by atoms with Crippen molar-refractivity contribution in [1.29, 1.82) is 0 Å². The van der Waals surface area contributed by atoms with E-state index in [2.05, 4.69) is 4.99 Å². The van der Waals surface area contributed by atoms with Crippen LogP contribution in [-0.4, -0.2) is 24.8 Å². The van der Waals surface area contributed by atoms with E-state index in [-0.39, 0.29) is 0 Å². The van der Waals surface area contributed by atoms with Gasteiger partial charge in [0.2, 0.25) is 0 Å². The zero-order valence-electron chi connectivity index (χ0n) is 14.4. The second kappa shape index (κ2) is 7.91. The maximum atomic E-state index is 12.9. The molecule has 134 valence electrons. The third-order valence-electron chi connectivity index (χ3n) is 3.81. The molecule has 0 fully saturated rings. The van der Waals surface area contributed by atoms with Crippen LogP contribution in [0.3, 0.4) is 0 Å². The van der Waals surface area contributed by atoms with E-state index in [1.807, 2.05) is 37.9 Å². The summed E-state index contributed by atoms with van der Waals surface area (Å²) in [6, 6.07) is 9.05. The topological polar surface area (TPSA) is 15.6 Å². The highest BCUT2D eigenvalue weighted by Crippen LogP contribution is 2.33. The van der Waals surface area contributed by atoms with Crippen molar-refractivity contribution in [1.82, 2.24) is 4.90 Å². The van der Waals surface area contributed by atoms with Gasteiger partial charge in [0.1, 0.15) is 0 Å². The summed E-state index contributed by atoms with van der Waals surface area (Å²) in [6.45, 7) is 4.72. The quantitative estimate of drug-likeness (QED) is 0.476. The number of benzene rings is 2. The van der Waals surface area contributed by atoms with Gasteiger partial charge >= 0.3 is 6.18 Å². The number of aryl methyl sites for hydroxylation is 1. The van der Waals surface area contributed by atoms with E-state index < -0.39 is 11.7 Å². The summed E-state index contributed by atoms with van der Waals surface area (Å²) < 4.78 is 38.6. The molecule has 6 heteroatoms. The second-order valence-electron chi connectivity index (χ2n) is 5.95. The molecule has 0 unspecified atom stereocenters. The Balaban J connectivity index is 2.34. The van der Waals surface area contributed by atoms with Crippen LogP contribution in [0.1, 0.15) is 29.2 Å². The lowest BCUT2D eigenvalue weighted by molar-refractivity contribution is -0.137. The molecule has 0 aliphatic carbocycles. The van der Waals surface area contributed by atoms with E-state index in [4.69, 9.17) is 11.6 Å². The first-order valence-electron chi connectivity index (χ1n) is 7.90. The van der Waals surface area contributed by atoms with Crippen LogP contribution in [0.15, 0.2) is 41.4 Å². The molecule has 0 spiro atoms. The zero-order chi connectivity index (χ0) is 18.6. The second-order valence-corrected chi connectivity index (χ2v) is 6.33. The lowest BCUT2D eigenvalue weighted by Gasteiger charge is -2.12. The molecule has 0 atom stereocenters. The Bertz CT molecular complexity index is 770. The highest BCUT2D eigenvalue weighted by atomic mass is 35.5. The molecule has 0 aromatic heterocycles. The summed E-state index contributed by atoms with van der Waals surface area (Å²) in [5.74, 6) is 0. The summed E-state index contributed by atoms with van der Waals surface area (Å²) in [4.78, 5) is 6.29. The van der Waals surface area contributed by atoms with Crippen LogP contribution >= 0.6 is 11.6 Å². The standard InChI is InChI=1S/C19H20ClF3N2/c1-4-25(3)12-24-17-9-13(2)8-15(18(17)20)10-14-6-5-7-16(11-14)19(21,22)23/h5-9,11-12H,4,10H2,1-3H3/b24-12-. The van der Waals surface area contributed by atoms with Crippen molar-refractivity contribution < 1.29 is 13.2 Å². The summed E-state index contributed by atoms with van der Waals surface area (Å²) >= 11 is 6.43. The van der Waals surface area contributed by atoms with Gasteiger partial charge in [-0.3, -0.25) is 0 Å². The van der Waals surface area contributed by atoms with Crippen LogP contribution in [0, 0.1) is 6.92 Å². The number of alkyl halides is 3. The van der Waals surface area contributed by atoms with E-state index in [1.165, 1.54) is 6.07 Å². The Hall–Kier alpha value is -2.01. The SMILES string of the molecule is CCN(C)/C=N\c1cc(C)cc(Cc2cccc(C(F)(F)F)c2)c1Cl. The van der Waals surface area contributed by atoms with Crippen molar-refractivity contribution in [3.05, 3.63) is 63.7 Å². The first-order valence-corrected chi connectivity index (χ1v) is 8.28.